The van der Waals surface area contributed by atoms with E-state index in [-0.39, 0.29) is 32.2 Å². The number of benzene rings is 1. The number of carbonyl (C=O) groups excluding carboxylic acids is 1. The van der Waals surface area contributed by atoms with E-state index in [0.717, 1.165) is 21.3 Å². The van der Waals surface area contributed by atoms with Crippen molar-refractivity contribution in [3.8, 4) is 5.75 Å². The van der Waals surface area contributed by atoms with Gasteiger partial charge in [-0.2, -0.15) is 15.1 Å². The summed E-state index contributed by atoms with van der Waals surface area (Å²) in [5.74, 6) is -0.662. The standard InChI is InChI=1S/C23H30FN4O8P.C11H14FN3O4.2CH4/c1-5-23(19(29)18(24)20(35-23)28-12-11-17(25)26-22(28)31)13-33-37(32,36-16-9-7-6-8-10-16)27-15(4)21(30)34-14(2)3;1-2-11(5-16)8(17)7(12)9(19-11)15-4-3-6(13)14-10(15)18;;/h5-12,14-15,18-20,29H,1,13H2,2-4H3,(H,27,32)(H2,25,26,31);2-4,7-9,16-17H,1,5H2,(H2,13,14,18);2*1H4/t15-,18+,19-,20+,23+,37?;7-,8+,9-,11-;;/m01../s1. The Morgan fingerprint density at radius 3 is 1.81 bits per heavy atom. The predicted molar refractivity (Wildman–Crippen MR) is 209 cm³/mol. The molecule has 0 aliphatic carbocycles. The maximum atomic E-state index is 15.2. The Morgan fingerprint density at radius 1 is 0.931 bits per heavy atom. The average Bonchev–Trinajstić information content (AvgIpc) is 3.55. The summed E-state index contributed by atoms with van der Waals surface area (Å²) < 4.78 is 71.8. The second kappa shape index (κ2) is 20.2. The Labute approximate surface area is 333 Å². The van der Waals surface area contributed by atoms with E-state index >= 15 is 4.39 Å². The fraction of sp³-hybridized carbons (Fsp3) is 0.472. The first-order chi connectivity index (χ1) is 26.3. The number of alkyl halides is 2. The molecule has 4 heterocycles. The minimum atomic E-state index is -4.37. The Kier molecular flexibility index (Phi) is 17.2. The number of aliphatic hydroxyl groups excluding tert-OH is 3. The molecule has 0 radical (unpaired) electrons. The summed E-state index contributed by atoms with van der Waals surface area (Å²) in [7, 11) is -4.37. The van der Waals surface area contributed by atoms with E-state index in [1.54, 1.807) is 32.0 Å². The first kappa shape index (κ1) is 49.3. The number of nitrogens with one attached hydrogen (secondary N) is 1. The van der Waals surface area contributed by atoms with Gasteiger partial charge in [0.25, 0.3) is 0 Å². The Morgan fingerprint density at radius 2 is 1.40 bits per heavy atom. The molecule has 58 heavy (non-hydrogen) atoms. The van der Waals surface area contributed by atoms with Gasteiger partial charge in [-0.25, -0.2) is 22.9 Å². The number of anilines is 2. The molecule has 22 heteroatoms. The highest BCUT2D eigenvalue weighted by Gasteiger charge is 2.56. The van der Waals surface area contributed by atoms with Crippen molar-refractivity contribution in [3.63, 3.8) is 0 Å². The van der Waals surface area contributed by atoms with Crippen LogP contribution in [0.15, 0.2) is 89.8 Å². The molecule has 1 aromatic carbocycles. The number of esters is 1. The zero-order chi connectivity index (χ0) is 41.6. The number of nitrogens with zero attached hydrogens (tertiary/aromatic N) is 4. The molecular weight excluding hydrogens is 791 g/mol. The summed E-state index contributed by atoms with van der Waals surface area (Å²) >= 11 is 0. The van der Waals surface area contributed by atoms with Crippen molar-refractivity contribution in [1.82, 2.24) is 24.2 Å². The van der Waals surface area contributed by atoms with Crippen LogP contribution in [0.25, 0.3) is 0 Å². The molecule has 2 aromatic heterocycles. The maximum Gasteiger partial charge on any atom is 0.459 e. The molecule has 0 amide bonds. The number of ether oxygens (including phenoxy) is 3. The number of aliphatic hydroxyl groups is 3. The lowest BCUT2D eigenvalue weighted by atomic mass is 9.97. The van der Waals surface area contributed by atoms with Gasteiger partial charge in [0, 0.05) is 12.4 Å². The average molecular weight is 844 g/mol. The van der Waals surface area contributed by atoms with Crippen LogP contribution in [0.4, 0.5) is 20.4 Å². The molecule has 2 fully saturated rings. The summed E-state index contributed by atoms with van der Waals surface area (Å²) in [6.07, 6.45) is -6.42. The lowest BCUT2D eigenvalue weighted by Gasteiger charge is -2.30. The van der Waals surface area contributed by atoms with Crippen molar-refractivity contribution in [2.45, 2.75) is 96.0 Å². The van der Waals surface area contributed by atoms with Crippen LogP contribution >= 0.6 is 7.75 Å². The van der Waals surface area contributed by atoms with Crippen molar-refractivity contribution >= 4 is 25.4 Å². The first-order valence-corrected chi connectivity index (χ1v) is 18.4. The molecule has 0 bridgehead atoms. The van der Waals surface area contributed by atoms with Crippen molar-refractivity contribution in [2.24, 2.45) is 0 Å². The minimum absolute atomic E-state index is 0. The van der Waals surface area contributed by atoms with Gasteiger partial charge in [-0.15, -0.1) is 13.2 Å². The molecule has 2 saturated heterocycles. The lowest BCUT2D eigenvalue weighted by molar-refractivity contribution is -0.149. The zero-order valence-electron chi connectivity index (χ0n) is 30.5. The van der Waals surface area contributed by atoms with E-state index in [0.29, 0.717) is 0 Å². The van der Waals surface area contributed by atoms with E-state index in [4.69, 9.17) is 34.7 Å². The molecule has 2 aliphatic rings. The van der Waals surface area contributed by atoms with E-state index in [9.17, 15) is 38.7 Å². The molecule has 8 N–H and O–H groups in total. The molecule has 5 rings (SSSR count). The number of nitrogen functional groups attached to an aromatic ring is 2. The number of rotatable bonds is 14. The Bertz CT molecular complexity index is 2030. The van der Waals surface area contributed by atoms with Gasteiger partial charge in [0.2, 0.25) is 0 Å². The van der Waals surface area contributed by atoms with E-state index in [2.05, 4.69) is 28.2 Å². The highest BCUT2D eigenvalue weighted by molar-refractivity contribution is 7.52. The second-order valence-electron chi connectivity index (χ2n) is 12.9. The third kappa shape index (κ3) is 10.8. The number of hydrogen-bond acceptors (Lipinski definition) is 16. The molecule has 19 nitrogen and oxygen atoms in total. The number of nitrogens with two attached hydrogens (primary N) is 2. The molecule has 0 spiro atoms. The summed E-state index contributed by atoms with van der Waals surface area (Å²) in [5.41, 5.74) is 5.50. The normalized spacial score (nSPS) is 27.7. The SMILES string of the molecule is C.C.C=C[C@]1(CO)O[C@@H](n2ccc(N)nc2=O)[C@H](F)[C@@H]1O.C=C[C@]1(COP(=O)(N[C@@H](C)C(=O)OC(C)C)Oc2ccccc2)O[C@@H](n2ccc(N)nc2=O)[C@H](F)[C@@H]1O. The minimum Gasteiger partial charge on any atom is -0.462 e. The summed E-state index contributed by atoms with van der Waals surface area (Å²) in [5, 5.41) is 32.2. The maximum absolute atomic E-state index is 15.2. The fourth-order valence-corrected chi connectivity index (χ4v) is 6.99. The van der Waals surface area contributed by atoms with Gasteiger partial charge in [0.1, 0.15) is 46.8 Å². The van der Waals surface area contributed by atoms with Crippen LogP contribution < -0.4 is 32.5 Å². The van der Waals surface area contributed by atoms with E-state index < -0.39 is 98.7 Å². The molecule has 10 atom stereocenters. The smallest absolute Gasteiger partial charge is 0.459 e. The number of para-hydroxylation sites is 1. The van der Waals surface area contributed by atoms with Crippen LogP contribution in [-0.2, 0) is 28.1 Å². The summed E-state index contributed by atoms with van der Waals surface area (Å²) in [4.78, 5) is 43.2. The Hall–Kier alpha value is -4.86. The summed E-state index contributed by atoms with van der Waals surface area (Å²) in [6.45, 7) is 10.3. The molecule has 2 aliphatic heterocycles. The van der Waals surface area contributed by atoms with Gasteiger partial charge in [-0.3, -0.25) is 18.5 Å². The van der Waals surface area contributed by atoms with Crippen molar-refractivity contribution < 1.29 is 56.7 Å². The highest BCUT2D eigenvalue weighted by atomic mass is 31.2. The van der Waals surface area contributed by atoms with Gasteiger partial charge in [0.05, 0.1) is 19.3 Å². The van der Waals surface area contributed by atoms with Crippen molar-refractivity contribution in [2.75, 3.05) is 24.7 Å². The monoisotopic (exact) mass is 843 g/mol. The fourth-order valence-electron chi connectivity index (χ4n) is 5.46. The van der Waals surface area contributed by atoms with Gasteiger partial charge < -0.3 is 45.5 Å². The van der Waals surface area contributed by atoms with E-state index in [1.807, 2.05) is 0 Å². The van der Waals surface area contributed by atoms with E-state index in [1.165, 1.54) is 43.6 Å². The Balaban J connectivity index is 0.000000466. The largest absolute Gasteiger partial charge is 0.462 e. The third-order valence-electron chi connectivity index (χ3n) is 8.51. The predicted octanol–water partition coefficient (Wildman–Crippen LogP) is 2.35. The van der Waals surface area contributed by atoms with Crippen LogP contribution in [0.1, 0.15) is 48.1 Å². The summed E-state index contributed by atoms with van der Waals surface area (Å²) in [6, 6.07) is 9.41. The van der Waals surface area contributed by atoms with Crippen molar-refractivity contribution in [3.05, 3.63) is 101 Å². The lowest BCUT2D eigenvalue weighted by Crippen LogP contribution is -2.45. The van der Waals surface area contributed by atoms with Crippen LogP contribution in [0.5, 0.6) is 5.75 Å². The molecular formula is C36H52F2N7O12P. The molecule has 1 unspecified atom stereocenters. The zero-order valence-corrected chi connectivity index (χ0v) is 31.4. The first-order valence-electron chi connectivity index (χ1n) is 16.9. The van der Waals surface area contributed by atoms with Gasteiger partial charge >= 0.3 is 25.1 Å². The molecule has 322 valence electrons. The number of carbonyl (C=O) groups is 1. The number of hydrogen-bond donors (Lipinski definition) is 6. The third-order valence-corrected chi connectivity index (χ3v) is 10.1. The quantitative estimate of drug-likeness (QED) is 0.0772. The van der Waals surface area contributed by atoms with Crippen LogP contribution in [0, 0.1) is 0 Å². The van der Waals surface area contributed by atoms with Gasteiger partial charge in [-0.1, -0.05) is 45.2 Å². The van der Waals surface area contributed by atoms with Crippen molar-refractivity contribution in [1.29, 1.82) is 0 Å². The van der Waals surface area contributed by atoms with Crippen LogP contribution in [0.2, 0.25) is 0 Å². The highest BCUT2D eigenvalue weighted by Crippen LogP contribution is 2.48. The number of halogens is 2. The molecule has 3 aromatic rings. The molecule has 0 saturated carbocycles. The second-order valence-corrected chi connectivity index (χ2v) is 14.6. The van der Waals surface area contributed by atoms with Gasteiger partial charge in [0.15, 0.2) is 24.8 Å². The van der Waals surface area contributed by atoms with Crippen LogP contribution in [0.3, 0.4) is 0 Å². The van der Waals surface area contributed by atoms with Gasteiger partial charge in [-0.05, 0) is 45.0 Å². The number of aromatic nitrogens is 4. The topological polar surface area (TPSA) is 275 Å². The van der Waals surface area contributed by atoms with Crippen LogP contribution in [-0.4, -0.2) is 102 Å².